The van der Waals surface area contributed by atoms with Gasteiger partial charge in [0.15, 0.2) is 0 Å². The van der Waals surface area contributed by atoms with Gasteiger partial charge in [0.2, 0.25) is 0 Å². The molecule has 2 aromatic carbocycles. The molecular weight excluding hydrogens is 423 g/mol. The highest BCUT2D eigenvalue weighted by atomic mass is 127. The highest BCUT2D eigenvalue weighted by Crippen LogP contribution is 2.24. The standard InChI is InChI=1S/C13H10BrIN2O2/c14-10-1-6-13(17(18)19)9(7-10)8-16-12-4-2-11(15)3-5-12/h1-7,16H,8H2. The van der Waals surface area contributed by atoms with E-state index in [1.807, 2.05) is 24.3 Å². The topological polar surface area (TPSA) is 55.2 Å². The Bertz CT molecular complexity index is 602. The van der Waals surface area contributed by atoms with Crippen molar-refractivity contribution in [1.82, 2.24) is 0 Å². The number of anilines is 1. The summed E-state index contributed by atoms with van der Waals surface area (Å²) >= 11 is 5.56. The van der Waals surface area contributed by atoms with E-state index in [1.54, 1.807) is 12.1 Å². The summed E-state index contributed by atoms with van der Waals surface area (Å²) in [5.74, 6) is 0. The van der Waals surface area contributed by atoms with Crippen LogP contribution in [0.3, 0.4) is 0 Å². The first-order valence-electron chi connectivity index (χ1n) is 5.48. The Balaban J connectivity index is 2.16. The van der Waals surface area contributed by atoms with Crippen molar-refractivity contribution in [2.24, 2.45) is 0 Å². The van der Waals surface area contributed by atoms with Gasteiger partial charge in [-0.2, -0.15) is 0 Å². The van der Waals surface area contributed by atoms with Crippen LogP contribution >= 0.6 is 38.5 Å². The first kappa shape index (κ1) is 14.3. The van der Waals surface area contributed by atoms with Gasteiger partial charge in [-0.3, -0.25) is 10.1 Å². The molecule has 6 heteroatoms. The van der Waals surface area contributed by atoms with Crippen LogP contribution in [-0.2, 0) is 6.54 Å². The van der Waals surface area contributed by atoms with Crippen LogP contribution in [0.25, 0.3) is 0 Å². The Morgan fingerprint density at radius 1 is 1.21 bits per heavy atom. The Labute approximate surface area is 132 Å². The average Bonchev–Trinajstić information content (AvgIpc) is 2.38. The molecule has 0 atom stereocenters. The summed E-state index contributed by atoms with van der Waals surface area (Å²) in [4.78, 5) is 10.6. The fourth-order valence-corrected chi connectivity index (χ4v) is 2.41. The molecule has 2 aromatic rings. The number of hydrogen-bond acceptors (Lipinski definition) is 3. The van der Waals surface area contributed by atoms with Crippen LogP contribution in [0.15, 0.2) is 46.9 Å². The number of nitro benzene ring substituents is 1. The molecule has 0 fully saturated rings. The van der Waals surface area contributed by atoms with E-state index in [0.29, 0.717) is 12.1 Å². The Morgan fingerprint density at radius 3 is 2.53 bits per heavy atom. The largest absolute Gasteiger partial charge is 0.381 e. The zero-order valence-electron chi connectivity index (χ0n) is 9.77. The lowest BCUT2D eigenvalue weighted by Gasteiger charge is -2.07. The van der Waals surface area contributed by atoms with Crippen molar-refractivity contribution in [3.63, 3.8) is 0 Å². The minimum absolute atomic E-state index is 0.126. The fourth-order valence-electron chi connectivity index (χ4n) is 1.64. The monoisotopic (exact) mass is 432 g/mol. The zero-order chi connectivity index (χ0) is 13.8. The molecule has 0 heterocycles. The third-order valence-electron chi connectivity index (χ3n) is 2.57. The summed E-state index contributed by atoms with van der Waals surface area (Å²) in [6, 6.07) is 12.8. The lowest BCUT2D eigenvalue weighted by Crippen LogP contribution is -2.03. The van der Waals surface area contributed by atoms with E-state index in [2.05, 4.69) is 43.8 Å². The number of nitrogens with zero attached hydrogens (tertiary/aromatic N) is 1. The molecule has 1 N–H and O–H groups in total. The molecule has 0 unspecified atom stereocenters. The molecule has 98 valence electrons. The van der Waals surface area contributed by atoms with E-state index in [9.17, 15) is 10.1 Å². The first-order valence-corrected chi connectivity index (χ1v) is 7.35. The molecule has 0 saturated carbocycles. The van der Waals surface area contributed by atoms with Gasteiger partial charge in [0.05, 0.1) is 4.92 Å². The van der Waals surface area contributed by atoms with Crippen molar-refractivity contribution in [2.45, 2.75) is 6.54 Å². The van der Waals surface area contributed by atoms with E-state index in [1.165, 1.54) is 6.07 Å². The molecule has 19 heavy (non-hydrogen) atoms. The van der Waals surface area contributed by atoms with Crippen molar-refractivity contribution in [1.29, 1.82) is 0 Å². The van der Waals surface area contributed by atoms with E-state index < -0.39 is 0 Å². The Kier molecular flexibility index (Phi) is 4.76. The van der Waals surface area contributed by atoms with Gasteiger partial charge >= 0.3 is 0 Å². The molecule has 0 aliphatic rings. The molecule has 0 radical (unpaired) electrons. The van der Waals surface area contributed by atoms with E-state index in [4.69, 9.17) is 0 Å². The second-order valence-corrected chi connectivity index (χ2v) is 6.05. The van der Waals surface area contributed by atoms with Crippen molar-refractivity contribution >= 4 is 49.9 Å². The summed E-state index contributed by atoms with van der Waals surface area (Å²) in [7, 11) is 0. The number of rotatable bonds is 4. The predicted molar refractivity (Wildman–Crippen MR) is 87.3 cm³/mol. The molecule has 0 aliphatic carbocycles. The normalized spacial score (nSPS) is 10.2. The Morgan fingerprint density at radius 2 is 1.89 bits per heavy atom. The summed E-state index contributed by atoms with van der Waals surface area (Å²) in [5, 5.41) is 14.1. The van der Waals surface area contributed by atoms with Gasteiger partial charge in [-0.15, -0.1) is 0 Å². The number of nitro groups is 1. The molecule has 0 aromatic heterocycles. The van der Waals surface area contributed by atoms with Crippen LogP contribution in [0.1, 0.15) is 5.56 Å². The molecule has 0 bridgehead atoms. The minimum Gasteiger partial charge on any atom is -0.381 e. The highest BCUT2D eigenvalue weighted by molar-refractivity contribution is 14.1. The zero-order valence-corrected chi connectivity index (χ0v) is 13.5. The summed E-state index contributed by atoms with van der Waals surface area (Å²) in [6.45, 7) is 0.413. The quantitative estimate of drug-likeness (QED) is 0.437. The lowest BCUT2D eigenvalue weighted by molar-refractivity contribution is -0.385. The molecule has 0 amide bonds. The van der Waals surface area contributed by atoms with Crippen LogP contribution in [0.2, 0.25) is 0 Å². The van der Waals surface area contributed by atoms with Crippen LogP contribution < -0.4 is 5.32 Å². The van der Waals surface area contributed by atoms with Gasteiger partial charge in [-0.1, -0.05) is 15.9 Å². The van der Waals surface area contributed by atoms with Gasteiger partial charge in [0.1, 0.15) is 0 Å². The Hall–Kier alpha value is -1.15. The molecule has 2 rings (SSSR count). The fraction of sp³-hybridized carbons (Fsp3) is 0.0769. The maximum absolute atomic E-state index is 11.0. The van der Waals surface area contributed by atoms with Crippen molar-refractivity contribution in [3.05, 3.63) is 66.2 Å². The number of benzene rings is 2. The number of halogens is 2. The van der Waals surface area contributed by atoms with Gasteiger partial charge in [0, 0.05) is 31.9 Å². The smallest absolute Gasteiger partial charge is 0.274 e. The maximum Gasteiger partial charge on any atom is 0.274 e. The van der Waals surface area contributed by atoms with Crippen LogP contribution in [0.4, 0.5) is 11.4 Å². The average molecular weight is 433 g/mol. The van der Waals surface area contributed by atoms with Gasteiger partial charge < -0.3 is 5.32 Å². The number of nitrogens with one attached hydrogen (secondary N) is 1. The van der Waals surface area contributed by atoms with Crippen LogP contribution in [0, 0.1) is 13.7 Å². The molecule has 0 saturated heterocycles. The summed E-state index contributed by atoms with van der Waals surface area (Å²) in [6.07, 6.45) is 0. The SMILES string of the molecule is O=[N+]([O-])c1ccc(Br)cc1CNc1ccc(I)cc1. The van der Waals surface area contributed by atoms with Crippen molar-refractivity contribution in [3.8, 4) is 0 Å². The molecule has 4 nitrogen and oxygen atoms in total. The second-order valence-electron chi connectivity index (χ2n) is 3.89. The van der Waals surface area contributed by atoms with Gasteiger partial charge in [0.25, 0.3) is 5.69 Å². The molecule has 0 aliphatic heterocycles. The van der Waals surface area contributed by atoms with Gasteiger partial charge in [-0.05, 0) is 59.0 Å². The maximum atomic E-state index is 11.0. The van der Waals surface area contributed by atoms with E-state index in [0.717, 1.165) is 13.7 Å². The summed E-state index contributed by atoms with van der Waals surface area (Å²) in [5.41, 5.74) is 1.72. The van der Waals surface area contributed by atoms with E-state index in [-0.39, 0.29) is 10.6 Å². The molecular formula is C13H10BrIN2O2. The first-order chi connectivity index (χ1) is 9.06. The van der Waals surface area contributed by atoms with Crippen molar-refractivity contribution < 1.29 is 4.92 Å². The number of hydrogen-bond donors (Lipinski definition) is 1. The van der Waals surface area contributed by atoms with E-state index >= 15 is 0 Å². The lowest BCUT2D eigenvalue weighted by atomic mass is 10.2. The van der Waals surface area contributed by atoms with Gasteiger partial charge in [-0.25, -0.2) is 0 Å². The third kappa shape index (κ3) is 3.90. The minimum atomic E-state index is -0.364. The third-order valence-corrected chi connectivity index (χ3v) is 3.78. The highest BCUT2D eigenvalue weighted by Gasteiger charge is 2.13. The van der Waals surface area contributed by atoms with Crippen LogP contribution in [-0.4, -0.2) is 4.92 Å². The van der Waals surface area contributed by atoms with Crippen molar-refractivity contribution in [2.75, 3.05) is 5.32 Å². The summed E-state index contributed by atoms with van der Waals surface area (Å²) < 4.78 is 1.98. The predicted octanol–water partition coefficient (Wildman–Crippen LogP) is 4.57. The van der Waals surface area contributed by atoms with Crippen LogP contribution in [0.5, 0.6) is 0 Å². The molecule has 0 spiro atoms. The second kappa shape index (κ2) is 6.33.